The van der Waals surface area contributed by atoms with Gasteiger partial charge in [0, 0.05) is 18.1 Å². The molecule has 5 aromatic rings. The molecule has 0 radical (unpaired) electrons. The normalized spacial score (nSPS) is 10.9. The van der Waals surface area contributed by atoms with Gasteiger partial charge in [0.15, 0.2) is 11.4 Å². The molecule has 2 N–H and O–H groups in total. The second-order valence-corrected chi connectivity index (χ2v) is 9.02. The van der Waals surface area contributed by atoms with Crippen LogP contribution in [0.5, 0.6) is 0 Å². The number of nitrogens with one attached hydrogen (secondary N) is 2. The highest BCUT2D eigenvalue weighted by molar-refractivity contribution is 5.91. The number of nitro benzene ring substituents is 1. The minimum atomic E-state index is -1.38. The number of methoxy groups -OCH3 is 2. The second-order valence-electron chi connectivity index (χ2n) is 9.02. The number of benzene rings is 3. The van der Waals surface area contributed by atoms with Gasteiger partial charge in [0.05, 0.1) is 41.6 Å². The molecule has 212 valence electrons. The van der Waals surface area contributed by atoms with Crippen molar-refractivity contribution in [3.63, 3.8) is 0 Å². The number of rotatable bonds is 8. The van der Waals surface area contributed by atoms with Crippen LogP contribution in [-0.4, -0.2) is 50.6 Å². The van der Waals surface area contributed by atoms with Crippen LogP contribution in [0.3, 0.4) is 0 Å². The Bertz CT molecular complexity index is 1790. The first-order chi connectivity index (χ1) is 20.3. The van der Waals surface area contributed by atoms with E-state index in [1.807, 2.05) is 0 Å². The fraction of sp³-hybridized carbons (Fsp3) is 0.103. The van der Waals surface area contributed by atoms with E-state index in [0.717, 1.165) is 23.6 Å². The van der Waals surface area contributed by atoms with Crippen LogP contribution in [0.2, 0.25) is 0 Å². The average molecular weight is 570 g/mol. The molecule has 0 fully saturated rings. The van der Waals surface area contributed by atoms with Crippen molar-refractivity contribution in [1.29, 1.82) is 0 Å². The number of esters is 2. The second kappa shape index (κ2) is 11.3. The van der Waals surface area contributed by atoms with Crippen molar-refractivity contribution in [2.75, 3.05) is 14.2 Å². The van der Waals surface area contributed by atoms with Gasteiger partial charge in [0.1, 0.15) is 0 Å². The first kappa shape index (κ1) is 27.6. The lowest BCUT2D eigenvalue weighted by Crippen LogP contribution is -2.26. The van der Waals surface area contributed by atoms with Crippen molar-refractivity contribution in [3.8, 4) is 11.4 Å². The highest BCUT2D eigenvalue weighted by Gasteiger charge is 2.37. The van der Waals surface area contributed by atoms with Gasteiger partial charge in [-0.15, -0.1) is 0 Å². The number of aromatic amines is 2. The zero-order chi connectivity index (χ0) is 30.0. The number of hydrogen-bond donors (Lipinski definition) is 2. The molecule has 42 heavy (non-hydrogen) atoms. The van der Waals surface area contributed by atoms with E-state index in [2.05, 4.69) is 10.2 Å². The molecule has 2 aromatic heterocycles. The van der Waals surface area contributed by atoms with Gasteiger partial charge in [-0.2, -0.15) is 0 Å². The van der Waals surface area contributed by atoms with E-state index < -0.39 is 33.9 Å². The van der Waals surface area contributed by atoms with Crippen LogP contribution < -0.4 is 11.1 Å². The van der Waals surface area contributed by atoms with Crippen LogP contribution in [0.1, 0.15) is 43.6 Å². The van der Waals surface area contributed by atoms with E-state index in [0.29, 0.717) is 11.4 Å². The molecule has 0 aliphatic rings. The summed E-state index contributed by atoms with van der Waals surface area (Å²) in [6.45, 7) is 0. The van der Waals surface area contributed by atoms with Crippen molar-refractivity contribution in [2.24, 2.45) is 0 Å². The average Bonchev–Trinajstić information content (AvgIpc) is 3.55. The van der Waals surface area contributed by atoms with Gasteiger partial charge < -0.3 is 9.47 Å². The van der Waals surface area contributed by atoms with Crippen LogP contribution >= 0.6 is 0 Å². The van der Waals surface area contributed by atoms with Crippen molar-refractivity contribution >= 4 is 17.6 Å². The van der Waals surface area contributed by atoms with E-state index in [1.165, 1.54) is 24.3 Å². The van der Waals surface area contributed by atoms with Crippen molar-refractivity contribution < 1.29 is 24.0 Å². The van der Waals surface area contributed by atoms with E-state index >= 15 is 0 Å². The smallest absolute Gasteiger partial charge is 0.356 e. The lowest BCUT2D eigenvalue weighted by Gasteiger charge is -2.16. The predicted molar refractivity (Wildman–Crippen MR) is 149 cm³/mol. The summed E-state index contributed by atoms with van der Waals surface area (Å²) < 4.78 is 12.1. The molecule has 0 unspecified atom stereocenters. The summed E-state index contributed by atoms with van der Waals surface area (Å²) in [4.78, 5) is 65.1. The summed E-state index contributed by atoms with van der Waals surface area (Å²) in [5, 5.41) is 16.9. The fourth-order valence-electron chi connectivity index (χ4n) is 4.74. The van der Waals surface area contributed by atoms with Crippen LogP contribution in [0.15, 0.2) is 94.5 Å². The third-order valence-corrected chi connectivity index (χ3v) is 6.68. The Balaban J connectivity index is 1.89. The van der Waals surface area contributed by atoms with Gasteiger partial charge in [0.25, 0.3) is 16.8 Å². The monoisotopic (exact) mass is 569 g/mol. The highest BCUT2D eigenvalue weighted by atomic mass is 16.6. The molecule has 0 spiro atoms. The molecular formula is C29H23N5O8. The maximum Gasteiger partial charge on any atom is 0.356 e. The maximum atomic E-state index is 14.1. The zero-order valence-electron chi connectivity index (χ0n) is 22.3. The molecule has 5 rings (SSSR count). The Morgan fingerprint density at radius 2 is 1.12 bits per heavy atom. The summed E-state index contributed by atoms with van der Waals surface area (Å²) in [6.07, 6.45) is 0. The molecule has 0 aliphatic carbocycles. The molecule has 0 saturated carbocycles. The molecule has 0 atom stereocenters. The summed E-state index contributed by atoms with van der Waals surface area (Å²) in [6, 6.07) is 21.8. The number of hydrogen-bond acceptors (Lipinski definition) is 8. The summed E-state index contributed by atoms with van der Waals surface area (Å²) >= 11 is 0. The highest BCUT2D eigenvalue weighted by Crippen LogP contribution is 2.34. The number of para-hydroxylation sites is 2. The summed E-state index contributed by atoms with van der Waals surface area (Å²) in [5.41, 5.74) is -1.71. The topological polar surface area (TPSA) is 171 Å². The number of carbonyl (C=O) groups excluding carboxylic acids is 2. The van der Waals surface area contributed by atoms with Crippen LogP contribution in [-0.2, 0) is 9.47 Å². The van der Waals surface area contributed by atoms with Gasteiger partial charge in [0.2, 0.25) is 0 Å². The molecule has 2 heterocycles. The van der Waals surface area contributed by atoms with E-state index in [-0.39, 0.29) is 33.8 Å². The number of aromatic nitrogens is 4. The minimum Gasteiger partial charge on any atom is -0.464 e. The fourth-order valence-corrected chi connectivity index (χ4v) is 4.74. The first-order valence-corrected chi connectivity index (χ1v) is 12.5. The number of nitro groups is 1. The predicted octanol–water partition coefficient (Wildman–Crippen LogP) is 3.31. The third-order valence-electron chi connectivity index (χ3n) is 6.68. The van der Waals surface area contributed by atoms with Gasteiger partial charge in [-0.1, -0.05) is 48.5 Å². The Kier molecular flexibility index (Phi) is 7.39. The number of non-ortho nitro benzene ring substituents is 1. The molecule has 0 bridgehead atoms. The molecular weight excluding hydrogens is 546 g/mol. The van der Waals surface area contributed by atoms with Gasteiger partial charge in [-0.3, -0.25) is 29.9 Å². The standard InChI is InChI=1S/C29H23N5O8/c1-41-28(37)24-22(26(35)32(30-24)18-9-5-3-6-10-18)21(17-13-15-20(16-14-17)34(39)40)23-25(29(38)42-2)31-33(27(23)36)19-11-7-4-8-12-19/h3-16,21,30-31H,1-2H3. The molecule has 3 aromatic carbocycles. The minimum absolute atomic E-state index is 0.212. The van der Waals surface area contributed by atoms with Crippen LogP contribution in [0.25, 0.3) is 11.4 Å². The van der Waals surface area contributed by atoms with E-state index in [1.54, 1.807) is 60.7 Å². The number of nitrogens with zero attached hydrogens (tertiary/aromatic N) is 3. The molecule has 0 amide bonds. The third kappa shape index (κ3) is 4.79. The Hall–Kier alpha value is -5.98. The number of H-pyrrole nitrogens is 2. The zero-order valence-corrected chi connectivity index (χ0v) is 22.3. The Morgan fingerprint density at radius 3 is 1.48 bits per heavy atom. The van der Waals surface area contributed by atoms with Crippen LogP contribution in [0, 0.1) is 10.1 Å². The van der Waals surface area contributed by atoms with E-state index in [9.17, 15) is 29.3 Å². The maximum absolute atomic E-state index is 14.1. The molecule has 0 saturated heterocycles. The van der Waals surface area contributed by atoms with Gasteiger partial charge in [-0.25, -0.2) is 19.0 Å². The summed E-state index contributed by atoms with van der Waals surface area (Å²) in [7, 11) is 2.26. The first-order valence-electron chi connectivity index (χ1n) is 12.5. The van der Waals surface area contributed by atoms with Crippen molar-refractivity contribution in [2.45, 2.75) is 5.92 Å². The van der Waals surface area contributed by atoms with Crippen molar-refractivity contribution in [1.82, 2.24) is 19.6 Å². The largest absolute Gasteiger partial charge is 0.464 e. The van der Waals surface area contributed by atoms with Gasteiger partial charge >= 0.3 is 11.9 Å². The number of carbonyl (C=O) groups is 2. The lowest BCUT2D eigenvalue weighted by molar-refractivity contribution is -0.384. The molecule has 0 aliphatic heterocycles. The lowest BCUT2D eigenvalue weighted by atomic mass is 9.84. The molecule has 13 heteroatoms. The molecule has 13 nitrogen and oxygen atoms in total. The Labute approximate surface area is 236 Å². The Morgan fingerprint density at radius 1 is 0.714 bits per heavy atom. The van der Waals surface area contributed by atoms with Crippen LogP contribution in [0.4, 0.5) is 5.69 Å². The quantitative estimate of drug-likeness (QED) is 0.163. The summed E-state index contributed by atoms with van der Waals surface area (Å²) in [5.74, 6) is -3.21. The van der Waals surface area contributed by atoms with Crippen molar-refractivity contribution in [3.05, 3.63) is 144 Å². The van der Waals surface area contributed by atoms with Gasteiger partial charge in [-0.05, 0) is 29.8 Å². The SMILES string of the molecule is COC(=O)c1[nH]n(-c2ccccc2)c(=O)c1C(c1ccc([N+](=O)[O-])cc1)c1c(C(=O)OC)[nH]n(-c2ccccc2)c1=O. The number of ether oxygens (including phenoxy) is 2. The van der Waals surface area contributed by atoms with E-state index in [4.69, 9.17) is 9.47 Å².